The molecular formula is C18H21O4PS. The van der Waals surface area contributed by atoms with Gasteiger partial charge >= 0.3 is 7.60 Å². The molecule has 0 heterocycles. The molecule has 1 unspecified atom stereocenters. The molecular weight excluding hydrogens is 343 g/mol. The van der Waals surface area contributed by atoms with E-state index in [9.17, 15) is 8.77 Å². The second-order valence-corrected chi connectivity index (χ2v) is 10.5. The molecule has 0 spiro atoms. The van der Waals surface area contributed by atoms with Crippen molar-refractivity contribution >= 4 is 18.4 Å². The predicted molar refractivity (Wildman–Crippen MR) is 95.7 cm³/mol. The lowest BCUT2D eigenvalue weighted by Gasteiger charge is -2.25. The molecule has 1 aliphatic carbocycles. The first-order valence-corrected chi connectivity index (χ1v) is 10.4. The van der Waals surface area contributed by atoms with Crippen LogP contribution in [0.4, 0.5) is 0 Å². The van der Waals surface area contributed by atoms with E-state index < -0.39 is 22.9 Å². The van der Waals surface area contributed by atoms with Crippen LogP contribution in [0.25, 0.3) is 0 Å². The van der Waals surface area contributed by atoms with Crippen molar-refractivity contribution in [2.45, 2.75) is 28.6 Å². The van der Waals surface area contributed by atoms with Crippen LogP contribution in [0, 0.1) is 6.92 Å². The highest BCUT2D eigenvalue weighted by Crippen LogP contribution is 2.78. The molecule has 2 aromatic rings. The number of benzene rings is 2. The second kappa shape index (κ2) is 6.57. The van der Waals surface area contributed by atoms with Gasteiger partial charge in [-0.25, -0.2) is 0 Å². The summed E-state index contributed by atoms with van der Waals surface area (Å²) >= 11 is 0. The Bertz CT molecular complexity index is 782. The van der Waals surface area contributed by atoms with Gasteiger partial charge in [-0.2, -0.15) is 0 Å². The first kappa shape index (κ1) is 17.6. The van der Waals surface area contributed by atoms with E-state index in [1.54, 1.807) is 0 Å². The molecule has 0 aliphatic heterocycles. The van der Waals surface area contributed by atoms with E-state index in [2.05, 4.69) is 0 Å². The molecule has 2 aromatic carbocycles. The maximum atomic E-state index is 13.4. The van der Waals surface area contributed by atoms with Gasteiger partial charge in [0.05, 0.1) is 10.8 Å². The molecule has 1 aliphatic rings. The Labute approximate surface area is 145 Å². The third-order valence-electron chi connectivity index (χ3n) is 4.58. The van der Waals surface area contributed by atoms with Crippen LogP contribution in [0.2, 0.25) is 0 Å². The van der Waals surface area contributed by atoms with E-state index in [1.165, 1.54) is 14.2 Å². The summed E-state index contributed by atoms with van der Waals surface area (Å²) in [7, 11) is -2.31. The van der Waals surface area contributed by atoms with Crippen LogP contribution in [-0.2, 0) is 24.4 Å². The minimum Gasteiger partial charge on any atom is -0.311 e. The zero-order valence-corrected chi connectivity index (χ0v) is 15.7. The van der Waals surface area contributed by atoms with E-state index in [-0.39, 0.29) is 5.92 Å². The van der Waals surface area contributed by atoms with Crippen molar-refractivity contribution in [1.82, 2.24) is 0 Å². The fraction of sp³-hybridized carbons (Fsp3) is 0.333. The molecule has 1 fully saturated rings. The van der Waals surface area contributed by atoms with Crippen LogP contribution in [0.15, 0.2) is 59.5 Å². The fourth-order valence-corrected chi connectivity index (χ4v) is 7.94. The first-order chi connectivity index (χ1) is 11.5. The summed E-state index contributed by atoms with van der Waals surface area (Å²) in [5.74, 6) is -0.119. The molecule has 0 N–H and O–H groups in total. The van der Waals surface area contributed by atoms with Gasteiger partial charge < -0.3 is 9.05 Å². The fourth-order valence-electron chi connectivity index (χ4n) is 3.16. The lowest BCUT2D eigenvalue weighted by atomic mass is 10.1. The van der Waals surface area contributed by atoms with Gasteiger partial charge in [0.15, 0.2) is 4.49 Å². The summed E-state index contributed by atoms with van der Waals surface area (Å²) in [6.45, 7) is 1.97. The highest BCUT2D eigenvalue weighted by atomic mass is 32.2. The Morgan fingerprint density at radius 1 is 1.04 bits per heavy atom. The van der Waals surface area contributed by atoms with Crippen LogP contribution in [0.1, 0.15) is 23.5 Å². The molecule has 3 atom stereocenters. The molecule has 0 bridgehead atoms. The van der Waals surface area contributed by atoms with Gasteiger partial charge in [-0.15, -0.1) is 0 Å². The maximum absolute atomic E-state index is 13.4. The average Bonchev–Trinajstić information content (AvgIpc) is 3.39. The number of hydrogen-bond donors (Lipinski definition) is 0. The minimum absolute atomic E-state index is 0.119. The smallest absolute Gasteiger partial charge is 0.311 e. The summed E-state index contributed by atoms with van der Waals surface area (Å²) in [6.07, 6.45) is 0.510. The molecule has 24 heavy (non-hydrogen) atoms. The van der Waals surface area contributed by atoms with Crippen LogP contribution >= 0.6 is 7.60 Å². The van der Waals surface area contributed by atoms with Crippen molar-refractivity contribution in [2.75, 3.05) is 14.2 Å². The largest absolute Gasteiger partial charge is 0.349 e. The van der Waals surface area contributed by atoms with E-state index in [1.807, 2.05) is 61.5 Å². The molecule has 0 aromatic heterocycles. The van der Waals surface area contributed by atoms with Crippen LogP contribution in [0.5, 0.6) is 0 Å². The van der Waals surface area contributed by atoms with Crippen molar-refractivity contribution in [3.63, 3.8) is 0 Å². The second-order valence-electron chi connectivity index (χ2n) is 5.96. The third-order valence-corrected chi connectivity index (χ3v) is 9.93. The van der Waals surface area contributed by atoms with Crippen LogP contribution in [-0.4, -0.2) is 22.9 Å². The van der Waals surface area contributed by atoms with Gasteiger partial charge in [-0.1, -0.05) is 48.0 Å². The van der Waals surface area contributed by atoms with Crippen LogP contribution in [0.3, 0.4) is 0 Å². The Hall–Kier alpha value is -1.26. The van der Waals surface area contributed by atoms with E-state index in [4.69, 9.17) is 9.05 Å². The zero-order valence-electron chi connectivity index (χ0n) is 14.0. The lowest BCUT2D eigenvalue weighted by molar-refractivity contribution is 0.270. The van der Waals surface area contributed by atoms with Crippen molar-refractivity contribution in [3.05, 3.63) is 65.7 Å². The summed E-state index contributed by atoms with van der Waals surface area (Å²) in [4.78, 5) is 0.647. The Balaban J connectivity index is 2.06. The summed E-state index contributed by atoms with van der Waals surface area (Å²) in [5.41, 5.74) is 2.09. The summed E-state index contributed by atoms with van der Waals surface area (Å²) < 4.78 is 36.1. The normalized spacial score (nSPS) is 24.5. The maximum Gasteiger partial charge on any atom is 0.349 e. The highest BCUT2D eigenvalue weighted by Gasteiger charge is 2.72. The monoisotopic (exact) mass is 364 g/mol. The van der Waals surface area contributed by atoms with Gasteiger partial charge in [-0.3, -0.25) is 8.77 Å². The van der Waals surface area contributed by atoms with Gasteiger partial charge in [0, 0.05) is 25.0 Å². The van der Waals surface area contributed by atoms with Crippen molar-refractivity contribution in [3.8, 4) is 0 Å². The van der Waals surface area contributed by atoms with E-state index in [0.29, 0.717) is 11.3 Å². The highest BCUT2D eigenvalue weighted by molar-refractivity contribution is 7.95. The van der Waals surface area contributed by atoms with Gasteiger partial charge in [-0.05, 0) is 31.0 Å². The van der Waals surface area contributed by atoms with Crippen molar-refractivity contribution in [1.29, 1.82) is 0 Å². The van der Waals surface area contributed by atoms with E-state index in [0.717, 1.165) is 11.1 Å². The average molecular weight is 364 g/mol. The minimum atomic E-state index is -3.53. The standard InChI is InChI=1S/C18H21O4PS/c1-14-9-11-16(12-10-14)24(20)18(23(19,21-2)22-3)13-17(18)15-7-5-4-6-8-15/h4-12,17H,13H2,1-3H3/t17-,18+,24?/m0/s1. The number of hydrogen-bond acceptors (Lipinski definition) is 4. The molecule has 4 nitrogen and oxygen atoms in total. The molecule has 0 saturated heterocycles. The number of aryl methyl sites for hydroxylation is 1. The van der Waals surface area contributed by atoms with Gasteiger partial charge in [0.2, 0.25) is 0 Å². The molecule has 0 amide bonds. The predicted octanol–water partition coefficient (Wildman–Crippen LogP) is 4.47. The topological polar surface area (TPSA) is 52.6 Å². The molecule has 6 heteroatoms. The summed E-state index contributed by atoms with van der Waals surface area (Å²) in [5, 5.41) is 0. The van der Waals surface area contributed by atoms with Crippen LogP contribution < -0.4 is 0 Å². The Morgan fingerprint density at radius 2 is 1.62 bits per heavy atom. The Morgan fingerprint density at radius 3 is 2.17 bits per heavy atom. The molecule has 128 valence electrons. The molecule has 0 radical (unpaired) electrons. The number of rotatable bonds is 6. The first-order valence-electron chi connectivity index (χ1n) is 7.73. The molecule has 3 rings (SSSR count). The quantitative estimate of drug-likeness (QED) is 0.710. The Kier molecular flexibility index (Phi) is 4.80. The molecule has 1 saturated carbocycles. The third kappa shape index (κ3) is 2.70. The lowest BCUT2D eigenvalue weighted by Crippen LogP contribution is -2.22. The SMILES string of the molecule is COP(=O)(OC)[C@@]1(S(=O)c2ccc(C)cc2)C[C@H]1c1ccccc1. The summed E-state index contributed by atoms with van der Waals surface area (Å²) in [6, 6.07) is 17.2. The van der Waals surface area contributed by atoms with Crippen molar-refractivity contribution in [2.24, 2.45) is 0 Å². The van der Waals surface area contributed by atoms with Gasteiger partial charge in [0.25, 0.3) is 0 Å². The van der Waals surface area contributed by atoms with Gasteiger partial charge in [0.1, 0.15) is 0 Å². The zero-order chi connectivity index (χ0) is 17.4. The van der Waals surface area contributed by atoms with E-state index >= 15 is 0 Å². The van der Waals surface area contributed by atoms with Crippen molar-refractivity contribution < 1.29 is 17.8 Å².